The van der Waals surface area contributed by atoms with Gasteiger partial charge in [-0.3, -0.25) is 0 Å². The maximum Gasteiger partial charge on any atom is 0.146 e. The third kappa shape index (κ3) is 1.59. The van der Waals surface area contributed by atoms with Crippen LogP contribution in [-0.2, 0) is 0 Å². The van der Waals surface area contributed by atoms with E-state index in [2.05, 4.69) is 27.0 Å². The zero-order chi connectivity index (χ0) is 10.1. The largest absolute Gasteiger partial charge is 0.352 e. The molecule has 0 aromatic carbocycles. The van der Waals surface area contributed by atoms with Gasteiger partial charge in [-0.15, -0.1) is 0 Å². The van der Waals surface area contributed by atoms with Gasteiger partial charge in [0.2, 0.25) is 0 Å². The van der Waals surface area contributed by atoms with Gasteiger partial charge in [-0.2, -0.15) is 5.26 Å². The Balaban J connectivity index is 2.30. The summed E-state index contributed by atoms with van der Waals surface area (Å²) in [5, 5.41) is 8.91. The van der Waals surface area contributed by atoms with E-state index >= 15 is 0 Å². The van der Waals surface area contributed by atoms with Crippen LogP contribution in [0.3, 0.4) is 0 Å². The molecular weight excluding hydrogens is 244 g/mol. The van der Waals surface area contributed by atoms with E-state index in [1.54, 1.807) is 12.3 Å². The molecular formula is C9H9BrN4. The molecule has 1 fully saturated rings. The van der Waals surface area contributed by atoms with Crippen LogP contribution in [0.25, 0.3) is 0 Å². The molecule has 0 spiro atoms. The third-order valence-corrected chi connectivity index (χ3v) is 2.60. The first-order valence-corrected chi connectivity index (χ1v) is 5.06. The molecule has 1 aliphatic heterocycles. The fourth-order valence-electron chi connectivity index (χ4n) is 1.45. The highest BCUT2D eigenvalue weighted by Crippen LogP contribution is 2.24. The molecule has 0 atom stereocenters. The highest BCUT2D eigenvalue weighted by atomic mass is 79.9. The van der Waals surface area contributed by atoms with Crippen molar-refractivity contribution >= 4 is 21.7 Å². The maximum absolute atomic E-state index is 8.91. The zero-order valence-corrected chi connectivity index (χ0v) is 9.03. The first kappa shape index (κ1) is 9.44. The SMILES string of the molecule is N#Cc1cc(Br)cnc1N1CC(N)C1. The number of anilines is 1. The molecule has 0 saturated carbocycles. The van der Waals surface area contributed by atoms with Crippen LogP contribution in [0, 0.1) is 11.3 Å². The van der Waals surface area contributed by atoms with Crippen molar-refractivity contribution in [2.24, 2.45) is 5.73 Å². The molecule has 14 heavy (non-hydrogen) atoms. The van der Waals surface area contributed by atoms with Gasteiger partial charge in [-0.1, -0.05) is 0 Å². The average molecular weight is 253 g/mol. The molecule has 0 amide bonds. The quantitative estimate of drug-likeness (QED) is 0.806. The molecule has 0 aliphatic carbocycles. The number of aromatic nitrogens is 1. The van der Waals surface area contributed by atoms with Crippen LogP contribution in [0.5, 0.6) is 0 Å². The van der Waals surface area contributed by atoms with Crippen LogP contribution in [-0.4, -0.2) is 24.1 Å². The lowest BCUT2D eigenvalue weighted by atomic mass is 10.1. The minimum absolute atomic E-state index is 0.215. The summed E-state index contributed by atoms with van der Waals surface area (Å²) in [5.74, 6) is 0.734. The summed E-state index contributed by atoms with van der Waals surface area (Å²) in [4.78, 5) is 6.22. The number of hydrogen-bond acceptors (Lipinski definition) is 4. The predicted molar refractivity (Wildman–Crippen MR) is 56.8 cm³/mol. The summed E-state index contributed by atoms with van der Waals surface area (Å²) in [6.45, 7) is 1.56. The second-order valence-corrected chi connectivity index (χ2v) is 4.22. The average Bonchev–Trinajstić information content (AvgIpc) is 2.13. The highest BCUT2D eigenvalue weighted by molar-refractivity contribution is 9.10. The normalized spacial score (nSPS) is 16.2. The maximum atomic E-state index is 8.91. The van der Waals surface area contributed by atoms with Crippen LogP contribution in [0.2, 0.25) is 0 Å². The number of pyridine rings is 1. The molecule has 1 aliphatic rings. The van der Waals surface area contributed by atoms with E-state index in [0.29, 0.717) is 5.56 Å². The predicted octanol–water partition coefficient (Wildman–Crippen LogP) is 0.863. The lowest BCUT2D eigenvalue weighted by molar-refractivity contribution is 0.514. The van der Waals surface area contributed by atoms with Gasteiger partial charge in [-0.05, 0) is 22.0 Å². The van der Waals surface area contributed by atoms with Crippen molar-refractivity contribution in [2.45, 2.75) is 6.04 Å². The van der Waals surface area contributed by atoms with E-state index in [9.17, 15) is 0 Å². The molecule has 0 unspecified atom stereocenters. The summed E-state index contributed by atoms with van der Waals surface area (Å²) in [6, 6.07) is 4.11. The number of rotatable bonds is 1. The second kappa shape index (κ2) is 3.56. The standard InChI is InChI=1S/C9H9BrN4/c10-7-1-6(2-11)9(13-3-7)14-4-8(12)5-14/h1,3,8H,4-5,12H2. The minimum atomic E-state index is 0.215. The van der Waals surface area contributed by atoms with Crippen molar-refractivity contribution in [3.63, 3.8) is 0 Å². The molecule has 2 N–H and O–H groups in total. The van der Waals surface area contributed by atoms with Gasteiger partial charge in [0, 0.05) is 29.8 Å². The topological polar surface area (TPSA) is 65.9 Å². The first-order chi connectivity index (χ1) is 6.70. The molecule has 2 heterocycles. The Morgan fingerprint density at radius 1 is 1.64 bits per heavy atom. The number of halogens is 1. The van der Waals surface area contributed by atoms with Crippen LogP contribution in [0.4, 0.5) is 5.82 Å². The molecule has 4 nitrogen and oxygen atoms in total. The molecule has 2 rings (SSSR count). The smallest absolute Gasteiger partial charge is 0.146 e. The number of nitriles is 1. The lowest BCUT2D eigenvalue weighted by Gasteiger charge is -2.38. The molecule has 5 heteroatoms. The summed E-state index contributed by atoms with van der Waals surface area (Å²) >= 11 is 3.28. The molecule has 0 bridgehead atoms. The van der Waals surface area contributed by atoms with Crippen LogP contribution < -0.4 is 10.6 Å². The van der Waals surface area contributed by atoms with E-state index in [1.165, 1.54) is 0 Å². The van der Waals surface area contributed by atoms with Crippen molar-refractivity contribution in [2.75, 3.05) is 18.0 Å². The van der Waals surface area contributed by atoms with Gasteiger partial charge in [0.25, 0.3) is 0 Å². The Kier molecular flexibility index (Phi) is 2.40. The Hall–Kier alpha value is -1.12. The number of nitrogens with zero attached hydrogens (tertiary/aromatic N) is 3. The molecule has 1 saturated heterocycles. The van der Waals surface area contributed by atoms with Crippen LogP contribution >= 0.6 is 15.9 Å². The first-order valence-electron chi connectivity index (χ1n) is 4.27. The highest BCUT2D eigenvalue weighted by Gasteiger charge is 2.26. The van der Waals surface area contributed by atoms with E-state index in [1.807, 2.05) is 4.90 Å². The molecule has 72 valence electrons. The Bertz CT molecular complexity index is 392. The Morgan fingerprint density at radius 2 is 2.36 bits per heavy atom. The Labute approximate surface area is 90.5 Å². The number of nitrogens with two attached hydrogens (primary N) is 1. The Morgan fingerprint density at radius 3 is 2.93 bits per heavy atom. The van der Waals surface area contributed by atoms with Crippen molar-refractivity contribution in [3.8, 4) is 6.07 Å². The zero-order valence-electron chi connectivity index (χ0n) is 7.44. The van der Waals surface area contributed by atoms with Crippen molar-refractivity contribution < 1.29 is 0 Å². The summed E-state index contributed by atoms with van der Waals surface area (Å²) < 4.78 is 0.822. The lowest BCUT2D eigenvalue weighted by Crippen LogP contribution is -2.56. The van der Waals surface area contributed by atoms with Crippen LogP contribution in [0.15, 0.2) is 16.7 Å². The van der Waals surface area contributed by atoms with Crippen molar-refractivity contribution in [3.05, 3.63) is 22.3 Å². The summed E-state index contributed by atoms with van der Waals surface area (Å²) in [5.41, 5.74) is 6.26. The second-order valence-electron chi connectivity index (χ2n) is 3.30. The van der Waals surface area contributed by atoms with E-state index in [0.717, 1.165) is 23.4 Å². The number of hydrogen-bond donors (Lipinski definition) is 1. The van der Waals surface area contributed by atoms with Crippen molar-refractivity contribution in [1.82, 2.24) is 4.98 Å². The molecule has 1 aromatic rings. The van der Waals surface area contributed by atoms with Gasteiger partial charge < -0.3 is 10.6 Å². The van der Waals surface area contributed by atoms with E-state index in [4.69, 9.17) is 11.0 Å². The summed E-state index contributed by atoms with van der Waals surface area (Å²) in [6.07, 6.45) is 1.69. The van der Waals surface area contributed by atoms with Gasteiger partial charge in [0.05, 0.1) is 5.56 Å². The fraction of sp³-hybridized carbons (Fsp3) is 0.333. The fourth-order valence-corrected chi connectivity index (χ4v) is 1.78. The van der Waals surface area contributed by atoms with Crippen molar-refractivity contribution in [1.29, 1.82) is 5.26 Å². The summed E-state index contributed by atoms with van der Waals surface area (Å²) in [7, 11) is 0. The molecule has 1 aromatic heterocycles. The third-order valence-electron chi connectivity index (χ3n) is 2.16. The van der Waals surface area contributed by atoms with Gasteiger partial charge in [-0.25, -0.2) is 4.98 Å². The monoisotopic (exact) mass is 252 g/mol. The van der Waals surface area contributed by atoms with E-state index < -0.39 is 0 Å². The molecule has 0 radical (unpaired) electrons. The van der Waals surface area contributed by atoms with E-state index in [-0.39, 0.29) is 6.04 Å². The van der Waals surface area contributed by atoms with Gasteiger partial charge in [0.1, 0.15) is 11.9 Å². The van der Waals surface area contributed by atoms with Gasteiger partial charge >= 0.3 is 0 Å². The van der Waals surface area contributed by atoms with Crippen LogP contribution in [0.1, 0.15) is 5.56 Å². The van der Waals surface area contributed by atoms with Gasteiger partial charge in [0.15, 0.2) is 0 Å². The minimum Gasteiger partial charge on any atom is -0.352 e.